The molecule has 2 heterocycles. The first kappa shape index (κ1) is 7.85. The van der Waals surface area contributed by atoms with Crippen molar-refractivity contribution in [1.82, 2.24) is 4.98 Å². The number of aromatic carboxylic acids is 1. The van der Waals surface area contributed by atoms with Gasteiger partial charge < -0.3 is 14.8 Å². The van der Waals surface area contributed by atoms with Gasteiger partial charge in [0.15, 0.2) is 5.75 Å². The summed E-state index contributed by atoms with van der Waals surface area (Å²) in [6.45, 7) is 0.426. The molecule has 1 aromatic rings. The smallest absolute Gasteiger partial charge is 0.339 e. The van der Waals surface area contributed by atoms with Crippen molar-refractivity contribution in [2.45, 2.75) is 6.42 Å². The molecule has 0 fully saturated rings. The topological polar surface area (TPSA) is 79.4 Å². The number of rotatable bonds is 1. The molecule has 0 amide bonds. The molecule has 1 aliphatic heterocycles. The number of nitrogens with one attached hydrogen (secondary N) is 1. The van der Waals surface area contributed by atoms with Crippen LogP contribution in [0.25, 0.3) is 0 Å². The molecule has 0 saturated heterocycles. The van der Waals surface area contributed by atoms with Crippen LogP contribution in [0.2, 0.25) is 0 Å². The largest absolute Gasteiger partial charge is 0.490 e. The molecule has 0 saturated carbocycles. The highest BCUT2D eigenvalue weighted by Crippen LogP contribution is 2.25. The van der Waals surface area contributed by atoms with Crippen LogP contribution in [0.15, 0.2) is 10.9 Å². The Morgan fingerprint density at radius 3 is 3.08 bits per heavy atom. The van der Waals surface area contributed by atoms with E-state index in [4.69, 9.17) is 9.84 Å². The van der Waals surface area contributed by atoms with E-state index in [9.17, 15) is 9.59 Å². The van der Waals surface area contributed by atoms with Crippen LogP contribution in [0.4, 0.5) is 0 Å². The Balaban J connectivity index is 2.69. The lowest BCUT2D eigenvalue weighted by Gasteiger charge is -2.01. The Labute approximate surface area is 73.0 Å². The monoisotopic (exact) mass is 181 g/mol. The Kier molecular flexibility index (Phi) is 1.58. The summed E-state index contributed by atoms with van der Waals surface area (Å²) < 4.78 is 5.09. The molecule has 0 radical (unpaired) electrons. The maximum absolute atomic E-state index is 11.0. The van der Waals surface area contributed by atoms with Crippen molar-refractivity contribution in [2.24, 2.45) is 0 Å². The number of ether oxygens (including phenoxy) is 1. The van der Waals surface area contributed by atoms with Crippen molar-refractivity contribution in [3.05, 3.63) is 27.7 Å². The minimum atomic E-state index is -1.13. The molecule has 1 aromatic heterocycles. The number of hydrogen-bond donors (Lipinski definition) is 2. The van der Waals surface area contributed by atoms with Gasteiger partial charge in [0.25, 0.3) is 0 Å². The second kappa shape index (κ2) is 2.62. The maximum Gasteiger partial charge on any atom is 0.339 e. The van der Waals surface area contributed by atoms with Crippen molar-refractivity contribution in [1.29, 1.82) is 0 Å². The van der Waals surface area contributed by atoms with E-state index in [0.717, 1.165) is 6.07 Å². The maximum atomic E-state index is 11.0. The summed E-state index contributed by atoms with van der Waals surface area (Å²) in [5.74, 6) is -0.837. The molecular weight excluding hydrogens is 174 g/mol. The third kappa shape index (κ3) is 1.18. The van der Waals surface area contributed by atoms with Crippen LogP contribution in [0, 0.1) is 0 Å². The van der Waals surface area contributed by atoms with E-state index in [1.807, 2.05) is 0 Å². The number of pyridine rings is 1. The average molecular weight is 181 g/mol. The zero-order chi connectivity index (χ0) is 9.42. The molecule has 0 spiro atoms. The fourth-order valence-corrected chi connectivity index (χ4v) is 1.36. The van der Waals surface area contributed by atoms with E-state index in [0.29, 0.717) is 24.5 Å². The van der Waals surface area contributed by atoms with Crippen LogP contribution in [-0.4, -0.2) is 22.7 Å². The van der Waals surface area contributed by atoms with Gasteiger partial charge in [0.2, 0.25) is 5.56 Å². The summed E-state index contributed by atoms with van der Waals surface area (Å²) in [6.07, 6.45) is 0.561. The second-order valence-electron chi connectivity index (χ2n) is 2.76. The van der Waals surface area contributed by atoms with Crippen molar-refractivity contribution in [3.63, 3.8) is 0 Å². The third-order valence-corrected chi connectivity index (χ3v) is 1.90. The number of carboxylic acids is 1. The minimum absolute atomic E-state index is 0.0590. The van der Waals surface area contributed by atoms with Gasteiger partial charge in [-0.15, -0.1) is 0 Å². The first-order chi connectivity index (χ1) is 6.18. The van der Waals surface area contributed by atoms with Gasteiger partial charge in [-0.3, -0.25) is 4.79 Å². The van der Waals surface area contributed by atoms with Gasteiger partial charge in [-0.25, -0.2) is 4.79 Å². The molecule has 13 heavy (non-hydrogen) atoms. The van der Waals surface area contributed by atoms with E-state index in [-0.39, 0.29) is 5.56 Å². The van der Waals surface area contributed by atoms with Crippen molar-refractivity contribution < 1.29 is 14.6 Å². The minimum Gasteiger partial charge on any atom is -0.490 e. The van der Waals surface area contributed by atoms with Gasteiger partial charge >= 0.3 is 5.97 Å². The highest BCUT2D eigenvalue weighted by atomic mass is 16.5. The highest BCUT2D eigenvalue weighted by Gasteiger charge is 2.21. The summed E-state index contributed by atoms with van der Waals surface area (Å²) in [6, 6.07) is 1.03. The Bertz CT molecular complexity index is 421. The van der Waals surface area contributed by atoms with Crippen LogP contribution in [0.3, 0.4) is 0 Å². The number of fused-ring (bicyclic) bond motifs is 1. The summed E-state index contributed by atoms with van der Waals surface area (Å²) in [7, 11) is 0. The lowest BCUT2D eigenvalue weighted by Crippen LogP contribution is -2.11. The van der Waals surface area contributed by atoms with Crippen LogP contribution < -0.4 is 10.3 Å². The lowest BCUT2D eigenvalue weighted by atomic mass is 10.2. The Hall–Kier alpha value is -1.78. The van der Waals surface area contributed by atoms with Crippen molar-refractivity contribution in [3.8, 4) is 5.75 Å². The molecule has 5 nitrogen and oxygen atoms in total. The molecule has 0 atom stereocenters. The van der Waals surface area contributed by atoms with Crippen LogP contribution >= 0.6 is 0 Å². The summed E-state index contributed by atoms with van der Waals surface area (Å²) >= 11 is 0. The molecule has 2 N–H and O–H groups in total. The van der Waals surface area contributed by atoms with E-state index >= 15 is 0 Å². The van der Waals surface area contributed by atoms with E-state index in [2.05, 4.69) is 4.98 Å². The first-order valence-corrected chi connectivity index (χ1v) is 3.81. The molecule has 1 aliphatic rings. The van der Waals surface area contributed by atoms with Crippen molar-refractivity contribution >= 4 is 5.97 Å². The fraction of sp³-hybridized carbons (Fsp3) is 0.250. The van der Waals surface area contributed by atoms with Crippen LogP contribution in [0.5, 0.6) is 5.75 Å². The van der Waals surface area contributed by atoms with Gasteiger partial charge in [0.1, 0.15) is 5.56 Å². The Morgan fingerprint density at radius 2 is 2.38 bits per heavy atom. The van der Waals surface area contributed by atoms with E-state index in [1.165, 1.54) is 0 Å². The highest BCUT2D eigenvalue weighted by molar-refractivity contribution is 5.91. The lowest BCUT2D eigenvalue weighted by molar-refractivity contribution is 0.0693. The zero-order valence-electron chi connectivity index (χ0n) is 6.66. The molecule has 0 aromatic carbocycles. The van der Waals surface area contributed by atoms with E-state index < -0.39 is 11.5 Å². The van der Waals surface area contributed by atoms with Gasteiger partial charge in [-0.05, 0) is 0 Å². The quantitative estimate of drug-likeness (QED) is 0.639. The van der Waals surface area contributed by atoms with Crippen molar-refractivity contribution in [2.75, 3.05) is 6.61 Å². The van der Waals surface area contributed by atoms with Crippen LogP contribution in [-0.2, 0) is 6.42 Å². The predicted molar refractivity (Wildman–Crippen MR) is 43.2 cm³/mol. The molecule has 0 unspecified atom stereocenters. The van der Waals surface area contributed by atoms with E-state index in [1.54, 1.807) is 0 Å². The predicted octanol–water partition coefficient (Wildman–Crippen LogP) is 0.00800. The molecule has 68 valence electrons. The van der Waals surface area contributed by atoms with Crippen LogP contribution in [0.1, 0.15) is 16.1 Å². The Morgan fingerprint density at radius 1 is 1.62 bits per heavy atom. The fourth-order valence-electron chi connectivity index (χ4n) is 1.36. The summed E-state index contributed by atoms with van der Waals surface area (Å²) in [4.78, 5) is 24.2. The number of hydrogen-bond acceptors (Lipinski definition) is 3. The SMILES string of the molecule is O=C(O)c1cc(=O)[nH]c2c1OCC2. The molecule has 0 aliphatic carbocycles. The first-order valence-electron chi connectivity index (χ1n) is 3.81. The summed E-state index contributed by atoms with van der Waals surface area (Å²) in [5, 5.41) is 8.74. The van der Waals surface area contributed by atoms with Gasteiger partial charge in [0, 0.05) is 12.5 Å². The third-order valence-electron chi connectivity index (χ3n) is 1.90. The molecular formula is C8H7NO4. The molecule has 0 bridgehead atoms. The second-order valence-corrected chi connectivity index (χ2v) is 2.76. The van der Waals surface area contributed by atoms with Gasteiger partial charge in [-0.1, -0.05) is 0 Å². The number of aromatic nitrogens is 1. The number of aromatic amines is 1. The number of carboxylic acid groups (broad SMARTS) is 1. The normalized spacial score (nSPS) is 13.5. The average Bonchev–Trinajstić information content (AvgIpc) is 2.49. The zero-order valence-corrected chi connectivity index (χ0v) is 6.66. The number of H-pyrrole nitrogens is 1. The summed E-state index contributed by atoms with van der Waals surface area (Å²) in [5.41, 5.74) is 0.114. The van der Waals surface area contributed by atoms with Gasteiger partial charge in [-0.2, -0.15) is 0 Å². The standard InChI is InChI=1S/C8H7NO4/c10-6-3-4(8(11)12)7-5(9-6)1-2-13-7/h3H,1-2H2,(H,9,10)(H,11,12). The molecule has 5 heteroatoms. The molecule has 2 rings (SSSR count). The van der Waals surface area contributed by atoms with Gasteiger partial charge in [0.05, 0.1) is 12.3 Å². The number of carbonyl (C=O) groups is 1.